The molecule has 0 saturated heterocycles. The van der Waals surface area contributed by atoms with Crippen molar-refractivity contribution in [2.24, 2.45) is 5.10 Å². The van der Waals surface area contributed by atoms with E-state index < -0.39 is 22.5 Å². The van der Waals surface area contributed by atoms with Crippen LogP contribution in [-0.2, 0) is 14.8 Å². The van der Waals surface area contributed by atoms with Gasteiger partial charge in [0.25, 0.3) is 15.9 Å². The number of carbonyl (C=O) groups is 1. The van der Waals surface area contributed by atoms with Crippen molar-refractivity contribution in [3.63, 3.8) is 0 Å². The Morgan fingerprint density at radius 1 is 0.973 bits per heavy atom. The van der Waals surface area contributed by atoms with Crippen LogP contribution in [0.5, 0.6) is 0 Å². The van der Waals surface area contributed by atoms with E-state index in [1.165, 1.54) is 23.8 Å². The van der Waals surface area contributed by atoms with Crippen LogP contribution < -0.4 is 9.73 Å². The number of aromatic nitrogens is 1. The molecule has 0 atom stereocenters. The van der Waals surface area contributed by atoms with E-state index >= 15 is 0 Å². The van der Waals surface area contributed by atoms with Gasteiger partial charge in [-0.15, -0.1) is 0 Å². The molecule has 4 rings (SSSR count). The number of hydrogen-bond donors (Lipinski definition) is 1. The molecule has 0 aliphatic heterocycles. The normalized spacial score (nSPS) is 11.6. The lowest BCUT2D eigenvalue weighted by molar-refractivity contribution is -0.119. The van der Waals surface area contributed by atoms with Crippen LogP contribution in [-0.4, -0.2) is 31.7 Å². The van der Waals surface area contributed by atoms with Gasteiger partial charge in [-0.1, -0.05) is 53.6 Å². The van der Waals surface area contributed by atoms with Gasteiger partial charge < -0.3 is 4.57 Å². The molecule has 0 bridgehead atoms. The Kier molecular flexibility index (Phi) is 7.80. The fourth-order valence-corrected chi connectivity index (χ4v) is 5.63. The number of carbonyl (C=O) groups excluding carboxylic acids is 1. The minimum Gasteiger partial charge on any atom is -0.318 e. The highest BCUT2D eigenvalue weighted by Crippen LogP contribution is 2.26. The van der Waals surface area contributed by atoms with E-state index in [0.29, 0.717) is 5.02 Å². The Morgan fingerprint density at radius 2 is 1.68 bits per heavy atom. The lowest BCUT2D eigenvalue weighted by Gasteiger charge is -2.23. The topological polar surface area (TPSA) is 83.8 Å². The van der Waals surface area contributed by atoms with Crippen molar-refractivity contribution in [1.82, 2.24) is 9.99 Å². The summed E-state index contributed by atoms with van der Waals surface area (Å²) in [6.07, 6.45) is 1.56. The molecule has 1 heterocycles. The van der Waals surface area contributed by atoms with Gasteiger partial charge in [0.1, 0.15) is 6.54 Å². The van der Waals surface area contributed by atoms with Crippen LogP contribution in [0.4, 0.5) is 5.69 Å². The summed E-state index contributed by atoms with van der Waals surface area (Å²) in [7, 11) is -4.03. The number of amides is 1. The van der Waals surface area contributed by atoms with Gasteiger partial charge in [-0.05, 0) is 69.3 Å². The fraction of sp³-hybridized carbons (Fsp3) is 0.143. The molecule has 1 aromatic heterocycles. The lowest BCUT2D eigenvalue weighted by atomic mass is 10.2. The van der Waals surface area contributed by atoms with Gasteiger partial charge in [-0.2, -0.15) is 5.10 Å². The molecule has 0 saturated carbocycles. The minimum absolute atomic E-state index is 0.0647. The zero-order valence-electron chi connectivity index (χ0n) is 20.7. The number of halogens is 1. The first-order valence-electron chi connectivity index (χ1n) is 11.6. The standard InChI is InChI=1S/C28H27ClN4O3S/c1-20-12-14-25(15-13-20)33-21(2)16-23(22(33)3)18-30-31-28(34)19-32(26-9-7-8-24(29)17-26)37(35,36)27-10-5-4-6-11-27/h4-18H,19H2,1-3H3,(H,31,34)/b30-18+. The minimum atomic E-state index is -4.03. The molecule has 7 nitrogen and oxygen atoms in total. The molecular weight excluding hydrogens is 508 g/mol. The predicted molar refractivity (Wildman–Crippen MR) is 148 cm³/mol. The zero-order chi connectivity index (χ0) is 26.6. The largest absolute Gasteiger partial charge is 0.318 e. The van der Waals surface area contributed by atoms with Crippen molar-refractivity contribution in [1.29, 1.82) is 0 Å². The maximum Gasteiger partial charge on any atom is 0.264 e. The van der Waals surface area contributed by atoms with Gasteiger partial charge in [0.15, 0.2) is 0 Å². The van der Waals surface area contributed by atoms with E-state index in [0.717, 1.165) is 26.9 Å². The third kappa shape index (κ3) is 5.93. The molecule has 3 aromatic carbocycles. The number of anilines is 1. The molecule has 0 fully saturated rings. The molecule has 1 N–H and O–H groups in total. The van der Waals surface area contributed by atoms with Crippen LogP contribution in [0.15, 0.2) is 94.9 Å². The van der Waals surface area contributed by atoms with Crippen molar-refractivity contribution in [3.8, 4) is 5.69 Å². The van der Waals surface area contributed by atoms with Gasteiger partial charge in [-0.3, -0.25) is 9.10 Å². The van der Waals surface area contributed by atoms with E-state index in [4.69, 9.17) is 11.6 Å². The van der Waals surface area contributed by atoms with Crippen LogP contribution in [0, 0.1) is 20.8 Å². The number of aryl methyl sites for hydroxylation is 2. The number of nitrogens with zero attached hydrogens (tertiary/aromatic N) is 3. The highest BCUT2D eigenvalue weighted by atomic mass is 35.5. The van der Waals surface area contributed by atoms with Gasteiger partial charge in [0.2, 0.25) is 0 Å². The molecule has 37 heavy (non-hydrogen) atoms. The molecule has 0 unspecified atom stereocenters. The van der Waals surface area contributed by atoms with Gasteiger partial charge >= 0.3 is 0 Å². The number of rotatable bonds is 8. The molecule has 0 spiro atoms. The molecule has 0 aliphatic carbocycles. The summed E-state index contributed by atoms with van der Waals surface area (Å²) in [6, 6.07) is 24.5. The van der Waals surface area contributed by atoms with Crippen molar-refractivity contribution >= 4 is 39.4 Å². The highest BCUT2D eigenvalue weighted by Gasteiger charge is 2.27. The number of benzene rings is 3. The second-order valence-electron chi connectivity index (χ2n) is 8.60. The first-order chi connectivity index (χ1) is 17.7. The van der Waals surface area contributed by atoms with Gasteiger partial charge in [0.05, 0.1) is 16.8 Å². The lowest BCUT2D eigenvalue weighted by Crippen LogP contribution is -2.39. The molecule has 0 radical (unpaired) electrons. The predicted octanol–water partition coefficient (Wildman–Crippen LogP) is 5.40. The Morgan fingerprint density at radius 3 is 2.35 bits per heavy atom. The summed E-state index contributed by atoms with van der Waals surface area (Å²) < 4.78 is 29.9. The van der Waals surface area contributed by atoms with Crippen molar-refractivity contribution in [2.45, 2.75) is 25.7 Å². The number of nitrogens with one attached hydrogen (secondary N) is 1. The van der Waals surface area contributed by atoms with E-state index in [1.807, 2.05) is 26.8 Å². The Labute approximate surface area is 222 Å². The van der Waals surface area contributed by atoms with Crippen LogP contribution in [0.1, 0.15) is 22.5 Å². The van der Waals surface area contributed by atoms with Crippen LogP contribution in [0.3, 0.4) is 0 Å². The maximum absolute atomic E-state index is 13.4. The van der Waals surface area contributed by atoms with E-state index in [2.05, 4.69) is 39.4 Å². The molecule has 190 valence electrons. The van der Waals surface area contributed by atoms with Gasteiger partial charge in [0, 0.05) is 27.7 Å². The summed E-state index contributed by atoms with van der Waals surface area (Å²) in [4.78, 5) is 12.9. The summed E-state index contributed by atoms with van der Waals surface area (Å²) in [5.41, 5.74) is 7.77. The van der Waals surface area contributed by atoms with Crippen LogP contribution in [0.25, 0.3) is 5.69 Å². The van der Waals surface area contributed by atoms with Crippen molar-refractivity contribution < 1.29 is 13.2 Å². The Hall–Kier alpha value is -3.88. The number of hydrazone groups is 1. The summed E-state index contributed by atoms with van der Waals surface area (Å²) >= 11 is 6.11. The van der Waals surface area contributed by atoms with E-state index in [-0.39, 0.29) is 10.6 Å². The van der Waals surface area contributed by atoms with Crippen molar-refractivity contribution in [2.75, 3.05) is 10.8 Å². The van der Waals surface area contributed by atoms with Crippen LogP contribution in [0.2, 0.25) is 5.02 Å². The maximum atomic E-state index is 13.4. The van der Waals surface area contributed by atoms with Crippen molar-refractivity contribution in [3.05, 3.63) is 112 Å². The second kappa shape index (κ2) is 11.0. The average molecular weight is 535 g/mol. The summed E-state index contributed by atoms with van der Waals surface area (Å²) in [5, 5.41) is 4.45. The third-order valence-electron chi connectivity index (χ3n) is 5.87. The zero-order valence-corrected chi connectivity index (χ0v) is 22.3. The van der Waals surface area contributed by atoms with Crippen LogP contribution >= 0.6 is 11.6 Å². The van der Waals surface area contributed by atoms with Gasteiger partial charge in [-0.25, -0.2) is 13.8 Å². The molecule has 0 aliphatic rings. The average Bonchev–Trinajstić information content (AvgIpc) is 3.16. The Balaban J connectivity index is 1.54. The smallest absolute Gasteiger partial charge is 0.264 e. The monoisotopic (exact) mass is 534 g/mol. The summed E-state index contributed by atoms with van der Waals surface area (Å²) in [6.45, 7) is 5.54. The second-order valence-corrected chi connectivity index (χ2v) is 10.9. The first kappa shape index (κ1) is 26.2. The SMILES string of the molecule is Cc1ccc(-n2c(C)cc(/C=N/NC(=O)CN(c3cccc(Cl)c3)S(=O)(=O)c3ccccc3)c2C)cc1. The third-order valence-corrected chi connectivity index (χ3v) is 7.89. The molecule has 4 aromatic rings. The Bertz CT molecular complexity index is 1550. The molecule has 1 amide bonds. The highest BCUT2D eigenvalue weighted by molar-refractivity contribution is 7.92. The fourth-order valence-electron chi connectivity index (χ4n) is 4.02. The molecule has 9 heteroatoms. The van der Waals surface area contributed by atoms with E-state index in [9.17, 15) is 13.2 Å². The molecular formula is C28H27ClN4O3S. The number of sulfonamides is 1. The van der Waals surface area contributed by atoms with E-state index in [1.54, 1.807) is 42.6 Å². The first-order valence-corrected chi connectivity index (χ1v) is 13.4. The quantitative estimate of drug-likeness (QED) is 0.242. The number of hydrogen-bond acceptors (Lipinski definition) is 4. The summed E-state index contributed by atoms with van der Waals surface area (Å²) in [5.74, 6) is -0.594.